The number of benzene rings is 2. The van der Waals surface area contributed by atoms with Crippen LogP contribution in [-0.2, 0) is 14.9 Å². The van der Waals surface area contributed by atoms with Gasteiger partial charge in [-0.15, -0.1) is 11.8 Å². The van der Waals surface area contributed by atoms with Crippen molar-refractivity contribution in [1.82, 2.24) is 0 Å². The summed E-state index contributed by atoms with van der Waals surface area (Å²) in [4.78, 5) is 14.4. The summed E-state index contributed by atoms with van der Waals surface area (Å²) in [5.74, 6) is -0.0584. The Hall–Kier alpha value is -1.20. The van der Waals surface area contributed by atoms with Crippen molar-refractivity contribution in [2.24, 2.45) is 0 Å². The number of carbonyl (C=O) groups is 1. The van der Waals surface area contributed by atoms with Gasteiger partial charge in [-0.2, -0.15) is 0 Å². The summed E-state index contributed by atoms with van der Waals surface area (Å²) in [7, 11) is 0. The first-order chi connectivity index (χ1) is 12.0. The predicted molar refractivity (Wildman–Crippen MR) is 105 cm³/mol. The van der Waals surface area contributed by atoms with Crippen LogP contribution in [0.25, 0.3) is 0 Å². The average molecular weight is 396 g/mol. The van der Waals surface area contributed by atoms with E-state index in [4.69, 9.17) is 27.9 Å². The lowest BCUT2D eigenvalue weighted by atomic mass is 9.73. The molecule has 0 atom stereocenters. The van der Waals surface area contributed by atoms with Crippen molar-refractivity contribution in [3.8, 4) is 0 Å². The number of carbonyl (C=O) groups excluding carboxylic acids is 1. The first-order valence-corrected chi connectivity index (χ1v) is 10.0. The summed E-state index contributed by atoms with van der Waals surface area (Å²) < 4.78 is 5.49. The molecule has 0 radical (unpaired) electrons. The Morgan fingerprint density at radius 1 is 1.12 bits per heavy atom. The highest BCUT2D eigenvalue weighted by Crippen LogP contribution is 2.40. The molecule has 0 saturated carbocycles. The third-order valence-corrected chi connectivity index (χ3v) is 5.87. The summed E-state index contributed by atoms with van der Waals surface area (Å²) in [5.41, 5.74) is 0.872. The Balaban J connectivity index is 1.92. The summed E-state index contributed by atoms with van der Waals surface area (Å²) >= 11 is 14.1. The van der Waals surface area contributed by atoms with Gasteiger partial charge in [0, 0.05) is 33.8 Å². The van der Waals surface area contributed by atoms with Crippen LogP contribution in [0.4, 0.5) is 5.69 Å². The van der Waals surface area contributed by atoms with Crippen molar-refractivity contribution in [1.29, 1.82) is 0 Å². The summed E-state index contributed by atoms with van der Waals surface area (Å²) in [6, 6.07) is 13.1. The Kier molecular flexibility index (Phi) is 5.95. The maximum atomic E-state index is 13.2. The number of hydrogen-bond donors (Lipinski definition) is 1. The molecular formula is C19H19Cl2NO2S. The number of thioether (sulfide) groups is 1. The van der Waals surface area contributed by atoms with Crippen LogP contribution in [0.1, 0.15) is 18.4 Å². The summed E-state index contributed by atoms with van der Waals surface area (Å²) in [6.45, 7) is 1.05. The molecule has 2 aromatic carbocycles. The van der Waals surface area contributed by atoms with Crippen LogP contribution in [0.2, 0.25) is 10.0 Å². The van der Waals surface area contributed by atoms with Crippen LogP contribution >= 0.6 is 35.0 Å². The van der Waals surface area contributed by atoms with Crippen molar-refractivity contribution in [3.63, 3.8) is 0 Å². The smallest absolute Gasteiger partial charge is 0.235 e. The number of halogens is 2. The molecular weight excluding hydrogens is 377 g/mol. The molecule has 2 aromatic rings. The van der Waals surface area contributed by atoms with Crippen LogP contribution in [-0.4, -0.2) is 25.4 Å². The molecule has 1 heterocycles. The van der Waals surface area contributed by atoms with E-state index in [2.05, 4.69) is 5.32 Å². The first-order valence-electron chi connectivity index (χ1n) is 8.04. The molecule has 0 aromatic heterocycles. The maximum Gasteiger partial charge on any atom is 0.235 e. The van der Waals surface area contributed by atoms with E-state index >= 15 is 0 Å². The van der Waals surface area contributed by atoms with Crippen LogP contribution in [0, 0.1) is 0 Å². The Bertz CT molecular complexity index is 759. The first kappa shape index (κ1) is 18.6. The minimum atomic E-state index is -0.710. The highest BCUT2D eigenvalue weighted by Gasteiger charge is 2.43. The second-order valence-electron chi connectivity index (χ2n) is 6.00. The number of ether oxygens (including phenoxy) is 1. The Morgan fingerprint density at radius 2 is 1.80 bits per heavy atom. The lowest BCUT2D eigenvalue weighted by Gasteiger charge is -2.36. The van der Waals surface area contributed by atoms with Crippen LogP contribution < -0.4 is 5.32 Å². The molecule has 0 bridgehead atoms. The highest BCUT2D eigenvalue weighted by molar-refractivity contribution is 7.98. The van der Waals surface area contributed by atoms with Gasteiger partial charge in [0.2, 0.25) is 5.91 Å². The minimum Gasteiger partial charge on any atom is -0.381 e. The van der Waals surface area contributed by atoms with Gasteiger partial charge in [-0.3, -0.25) is 4.79 Å². The number of hydrogen-bond acceptors (Lipinski definition) is 3. The van der Waals surface area contributed by atoms with E-state index < -0.39 is 5.41 Å². The SMILES string of the molecule is CSc1ccc(NC(=O)C2(c3ccc(Cl)cc3Cl)CCOCC2)cc1. The molecule has 132 valence electrons. The molecule has 0 spiro atoms. The normalized spacial score (nSPS) is 16.4. The molecule has 0 unspecified atom stereocenters. The van der Waals surface area contributed by atoms with E-state index in [0.717, 1.165) is 16.1 Å². The van der Waals surface area contributed by atoms with Gasteiger partial charge >= 0.3 is 0 Å². The van der Waals surface area contributed by atoms with Gasteiger partial charge in [0.25, 0.3) is 0 Å². The van der Waals surface area contributed by atoms with Gasteiger partial charge < -0.3 is 10.1 Å². The fourth-order valence-electron chi connectivity index (χ4n) is 3.14. The minimum absolute atomic E-state index is 0.0584. The Morgan fingerprint density at radius 3 is 2.40 bits per heavy atom. The molecule has 1 N–H and O–H groups in total. The molecule has 6 heteroatoms. The van der Waals surface area contributed by atoms with Crippen molar-refractivity contribution < 1.29 is 9.53 Å². The van der Waals surface area contributed by atoms with E-state index in [1.807, 2.05) is 36.6 Å². The molecule has 1 aliphatic heterocycles. The molecule has 3 nitrogen and oxygen atoms in total. The maximum absolute atomic E-state index is 13.2. The van der Waals surface area contributed by atoms with Crippen LogP contribution in [0.15, 0.2) is 47.4 Å². The largest absolute Gasteiger partial charge is 0.381 e. The van der Waals surface area contributed by atoms with Gasteiger partial charge in [0.15, 0.2) is 0 Å². The molecule has 3 rings (SSSR count). The van der Waals surface area contributed by atoms with Crippen molar-refractivity contribution >= 4 is 46.6 Å². The zero-order valence-corrected chi connectivity index (χ0v) is 16.2. The van der Waals surface area contributed by atoms with Gasteiger partial charge in [0.1, 0.15) is 0 Å². The molecule has 1 aliphatic rings. The van der Waals surface area contributed by atoms with E-state index in [1.165, 1.54) is 0 Å². The van der Waals surface area contributed by atoms with Crippen LogP contribution in [0.3, 0.4) is 0 Å². The molecule has 1 amide bonds. The van der Waals surface area contributed by atoms with Gasteiger partial charge in [-0.05, 0) is 61.1 Å². The number of nitrogens with one attached hydrogen (secondary N) is 1. The standard InChI is InChI=1S/C19H19Cl2NO2S/c1-25-15-5-3-14(4-6-15)22-18(23)19(8-10-24-11-9-19)16-7-2-13(20)12-17(16)21/h2-7,12H,8-11H2,1H3,(H,22,23). The zero-order valence-electron chi connectivity index (χ0n) is 13.9. The second kappa shape index (κ2) is 8.00. The third kappa shape index (κ3) is 3.98. The number of anilines is 1. The monoisotopic (exact) mass is 395 g/mol. The Labute approximate surface area is 162 Å². The highest BCUT2D eigenvalue weighted by atomic mass is 35.5. The predicted octanol–water partition coefficient (Wildman–Crippen LogP) is 5.40. The lowest BCUT2D eigenvalue weighted by Crippen LogP contribution is -2.45. The lowest BCUT2D eigenvalue weighted by molar-refractivity contribution is -0.125. The van der Waals surface area contributed by atoms with Crippen molar-refractivity contribution in [3.05, 3.63) is 58.1 Å². The molecule has 1 fully saturated rings. The van der Waals surface area contributed by atoms with Gasteiger partial charge in [0.05, 0.1) is 5.41 Å². The van der Waals surface area contributed by atoms with Crippen LogP contribution in [0.5, 0.6) is 0 Å². The topological polar surface area (TPSA) is 38.3 Å². The number of amides is 1. The van der Waals surface area contributed by atoms with Gasteiger partial charge in [-0.25, -0.2) is 0 Å². The van der Waals surface area contributed by atoms with E-state index in [-0.39, 0.29) is 5.91 Å². The summed E-state index contributed by atoms with van der Waals surface area (Å²) in [6.07, 6.45) is 3.19. The molecule has 1 saturated heterocycles. The summed E-state index contributed by atoms with van der Waals surface area (Å²) in [5, 5.41) is 4.12. The van der Waals surface area contributed by atoms with E-state index in [0.29, 0.717) is 36.1 Å². The average Bonchev–Trinajstić information content (AvgIpc) is 2.63. The fraction of sp³-hybridized carbons (Fsp3) is 0.316. The quantitative estimate of drug-likeness (QED) is 0.703. The van der Waals surface area contributed by atoms with Gasteiger partial charge in [-0.1, -0.05) is 29.3 Å². The van der Waals surface area contributed by atoms with Crippen molar-refractivity contribution in [2.75, 3.05) is 24.8 Å². The fourth-order valence-corrected chi connectivity index (χ4v) is 4.14. The zero-order chi connectivity index (χ0) is 17.9. The van der Waals surface area contributed by atoms with E-state index in [9.17, 15) is 4.79 Å². The molecule has 0 aliphatic carbocycles. The third-order valence-electron chi connectivity index (χ3n) is 4.58. The number of rotatable bonds is 4. The molecule has 25 heavy (non-hydrogen) atoms. The van der Waals surface area contributed by atoms with E-state index in [1.54, 1.807) is 23.9 Å². The second-order valence-corrected chi connectivity index (χ2v) is 7.72. The van der Waals surface area contributed by atoms with Crippen molar-refractivity contribution in [2.45, 2.75) is 23.2 Å².